The molecule has 0 radical (unpaired) electrons. The molecule has 0 spiro atoms. The van der Waals surface area contributed by atoms with Crippen LogP contribution in [0.2, 0.25) is 0 Å². The molecule has 0 aromatic heterocycles. The van der Waals surface area contributed by atoms with Gasteiger partial charge in [-0.25, -0.2) is 0 Å². The van der Waals surface area contributed by atoms with Crippen LogP contribution in [-0.4, -0.2) is 19.3 Å². The third-order valence-corrected chi connectivity index (χ3v) is 3.39. The van der Waals surface area contributed by atoms with E-state index in [0.717, 1.165) is 11.3 Å². The Morgan fingerprint density at radius 1 is 1.18 bits per heavy atom. The number of ether oxygens (including phenoxy) is 3. The predicted molar refractivity (Wildman–Crippen MR) is 81.1 cm³/mol. The molecule has 114 valence electrons. The van der Waals surface area contributed by atoms with Gasteiger partial charge in [-0.1, -0.05) is 24.3 Å². The summed E-state index contributed by atoms with van der Waals surface area (Å²) in [7, 11) is 0. The monoisotopic (exact) mass is 299 g/mol. The highest BCUT2D eigenvalue weighted by molar-refractivity contribution is 5.78. The van der Waals surface area contributed by atoms with E-state index in [0.29, 0.717) is 11.5 Å². The van der Waals surface area contributed by atoms with Crippen LogP contribution < -0.4 is 19.5 Å². The molecule has 5 nitrogen and oxygen atoms in total. The van der Waals surface area contributed by atoms with Crippen molar-refractivity contribution in [2.45, 2.75) is 13.0 Å². The van der Waals surface area contributed by atoms with Crippen molar-refractivity contribution in [2.75, 3.05) is 13.4 Å². The van der Waals surface area contributed by atoms with Crippen LogP contribution in [0.15, 0.2) is 48.5 Å². The molecule has 1 amide bonds. The average Bonchev–Trinajstić information content (AvgIpc) is 3.01. The Bertz CT molecular complexity index is 657. The third kappa shape index (κ3) is 3.31. The van der Waals surface area contributed by atoms with E-state index in [1.807, 2.05) is 55.5 Å². The molecule has 5 heteroatoms. The molecule has 1 aliphatic heterocycles. The highest BCUT2D eigenvalue weighted by Gasteiger charge is 2.16. The Morgan fingerprint density at radius 2 is 1.95 bits per heavy atom. The second kappa shape index (κ2) is 6.39. The molecular formula is C17H17NO4. The molecule has 0 bridgehead atoms. The summed E-state index contributed by atoms with van der Waals surface area (Å²) in [5, 5.41) is 2.90. The number of amides is 1. The van der Waals surface area contributed by atoms with Crippen molar-refractivity contribution < 1.29 is 19.0 Å². The van der Waals surface area contributed by atoms with Gasteiger partial charge in [-0.3, -0.25) is 4.79 Å². The van der Waals surface area contributed by atoms with Crippen LogP contribution in [-0.2, 0) is 4.79 Å². The van der Waals surface area contributed by atoms with Crippen molar-refractivity contribution in [3.05, 3.63) is 54.1 Å². The van der Waals surface area contributed by atoms with Gasteiger partial charge in [0.15, 0.2) is 18.1 Å². The fourth-order valence-electron chi connectivity index (χ4n) is 2.21. The fourth-order valence-corrected chi connectivity index (χ4v) is 2.21. The van der Waals surface area contributed by atoms with E-state index in [9.17, 15) is 4.79 Å². The van der Waals surface area contributed by atoms with Gasteiger partial charge in [-0.05, 0) is 36.8 Å². The zero-order valence-corrected chi connectivity index (χ0v) is 12.2. The summed E-state index contributed by atoms with van der Waals surface area (Å²) >= 11 is 0. The maximum Gasteiger partial charge on any atom is 0.258 e. The van der Waals surface area contributed by atoms with Crippen LogP contribution in [0.5, 0.6) is 17.2 Å². The molecule has 0 saturated heterocycles. The minimum atomic E-state index is -0.172. The largest absolute Gasteiger partial charge is 0.484 e. The molecule has 1 heterocycles. The van der Waals surface area contributed by atoms with Gasteiger partial charge >= 0.3 is 0 Å². The summed E-state index contributed by atoms with van der Waals surface area (Å²) in [4.78, 5) is 11.9. The van der Waals surface area contributed by atoms with Crippen LogP contribution in [0, 0.1) is 0 Å². The van der Waals surface area contributed by atoms with Gasteiger partial charge in [0.25, 0.3) is 5.91 Å². The van der Waals surface area contributed by atoms with Gasteiger partial charge in [0.05, 0.1) is 6.04 Å². The lowest BCUT2D eigenvalue weighted by Crippen LogP contribution is -2.31. The lowest BCUT2D eigenvalue weighted by molar-refractivity contribution is -0.123. The number of hydrogen-bond donors (Lipinski definition) is 1. The lowest BCUT2D eigenvalue weighted by atomic mass is 10.1. The van der Waals surface area contributed by atoms with Gasteiger partial charge < -0.3 is 19.5 Å². The van der Waals surface area contributed by atoms with Crippen LogP contribution in [0.4, 0.5) is 0 Å². The van der Waals surface area contributed by atoms with E-state index in [4.69, 9.17) is 14.2 Å². The second-order valence-corrected chi connectivity index (χ2v) is 5.00. The minimum absolute atomic E-state index is 0.0150. The van der Waals surface area contributed by atoms with Crippen molar-refractivity contribution >= 4 is 5.91 Å². The normalized spacial score (nSPS) is 13.5. The first-order chi connectivity index (χ1) is 10.7. The van der Waals surface area contributed by atoms with Gasteiger partial charge in [0, 0.05) is 0 Å². The van der Waals surface area contributed by atoms with Crippen molar-refractivity contribution in [2.24, 2.45) is 0 Å². The van der Waals surface area contributed by atoms with Crippen LogP contribution in [0.25, 0.3) is 0 Å². The van der Waals surface area contributed by atoms with Gasteiger partial charge in [-0.15, -0.1) is 0 Å². The first-order valence-corrected chi connectivity index (χ1v) is 7.09. The molecule has 0 aliphatic carbocycles. The maximum absolute atomic E-state index is 11.9. The average molecular weight is 299 g/mol. The summed E-state index contributed by atoms with van der Waals surface area (Å²) in [6, 6.07) is 14.8. The van der Waals surface area contributed by atoms with Crippen LogP contribution in [0.3, 0.4) is 0 Å². The smallest absolute Gasteiger partial charge is 0.258 e. The Labute approximate surface area is 128 Å². The standard InChI is InChI=1S/C17H17NO4/c1-12(13-7-8-15-16(9-13)22-11-21-15)18-17(19)10-20-14-5-3-2-4-6-14/h2-9,12H,10-11H2,1H3,(H,18,19). The van der Waals surface area contributed by atoms with Gasteiger partial charge in [0.2, 0.25) is 6.79 Å². The molecule has 0 saturated carbocycles. The SMILES string of the molecule is CC(NC(=O)COc1ccccc1)c1ccc2c(c1)OCO2. The molecule has 1 N–H and O–H groups in total. The summed E-state index contributed by atoms with van der Waals surface area (Å²) in [6.07, 6.45) is 0. The molecule has 1 unspecified atom stereocenters. The van der Waals surface area contributed by atoms with Crippen LogP contribution >= 0.6 is 0 Å². The van der Waals surface area contributed by atoms with E-state index in [1.165, 1.54) is 0 Å². The first kappa shape index (κ1) is 14.3. The summed E-state index contributed by atoms with van der Waals surface area (Å²) in [5.41, 5.74) is 0.956. The number of rotatable bonds is 5. The number of fused-ring (bicyclic) bond motifs is 1. The number of benzene rings is 2. The van der Waals surface area contributed by atoms with E-state index < -0.39 is 0 Å². The van der Waals surface area contributed by atoms with Crippen molar-refractivity contribution in [1.82, 2.24) is 5.32 Å². The molecular weight excluding hydrogens is 282 g/mol. The zero-order valence-electron chi connectivity index (χ0n) is 12.2. The van der Waals surface area contributed by atoms with E-state index in [1.54, 1.807) is 0 Å². The summed E-state index contributed by atoms with van der Waals surface area (Å²) in [6.45, 7) is 2.14. The Kier molecular flexibility index (Phi) is 4.14. The minimum Gasteiger partial charge on any atom is -0.484 e. The fraction of sp³-hybridized carbons (Fsp3) is 0.235. The Hall–Kier alpha value is -2.69. The number of hydrogen-bond acceptors (Lipinski definition) is 4. The predicted octanol–water partition coefficient (Wildman–Crippen LogP) is 2.67. The quantitative estimate of drug-likeness (QED) is 0.922. The topological polar surface area (TPSA) is 56.8 Å². The second-order valence-electron chi connectivity index (χ2n) is 5.00. The summed E-state index contributed by atoms with van der Waals surface area (Å²) in [5.74, 6) is 1.94. The molecule has 1 atom stereocenters. The Morgan fingerprint density at radius 3 is 2.77 bits per heavy atom. The zero-order chi connectivity index (χ0) is 15.4. The van der Waals surface area contributed by atoms with Gasteiger partial charge in [0.1, 0.15) is 5.75 Å². The number of para-hydroxylation sites is 1. The number of nitrogens with one attached hydrogen (secondary N) is 1. The first-order valence-electron chi connectivity index (χ1n) is 7.09. The maximum atomic E-state index is 11.9. The molecule has 3 rings (SSSR count). The summed E-state index contributed by atoms with van der Waals surface area (Å²) < 4.78 is 16.0. The van der Waals surface area contributed by atoms with Crippen molar-refractivity contribution in [3.8, 4) is 17.2 Å². The molecule has 1 aliphatic rings. The van der Waals surface area contributed by atoms with Gasteiger partial charge in [-0.2, -0.15) is 0 Å². The highest BCUT2D eigenvalue weighted by atomic mass is 16.7. The third-order valence-electron chi connectivity index (χ3n) is 3.39. The molecule has 0 fully saturated rings. The molecule has 2 aromatic rings. The number of carbonyl (C=O) groups excluding carboxylic acids is 1. The van der Waals surface area contributed by atoms with E-state index in [2.05, 4.69) is 5.32 Å². The van der Waals surface area contributed by atoms with E-state index >= 15 is 0 Å². The highest BCUT2D eigenvalue weighted by Crippen LogP contribution is 2.34. The number of carbonyl (C=O) groups is 1. The molecule has 2 aromatic carbocycles. The van der Waals surface area contributed by atoms with Crippen molar-refractivity contribution in [3.63, 3.8) is 0 Å². The van der Waals surface area contributed by atoms with Crippen molar-refractivity contribution in [1.29, 1.82) is 0 Å². The Balaban J connectivity index is 1.55. The molecule has 22 heavy (non-hydrogen) atoms. The van der Waals surface area contributed by atoms with Crippen LogP contribution in [0.1, 0.15) is 18.5 Å². The lowest BCUT2D eigenvalue weighted by Gasteiger charge is -2.15. The van der Waals surface area contributed by atoms with E-state index in [-0.39, 0.29) is 25.3 Å².